The van der Waals surface area contributed by atoms with Crippen LogP contribution >= 0.6 is 0 Å². The lowest BCUT2D eigenvalue weighted by Crippen LogP contribution is -2.28. The van der Waals surface area contributed by atoms with E-state index in [4.69, 9.17) is 5.11 Å². The number of unbranched alkanes of at least 4 members (excludes halogenated alkanes) is 6. The zero-order valence-electron chi connectivity index (χ0n) is 18.2. The summed E-state index contributed by atoms with van der Waals surface area (Å²) in [7, 11) is 0. The molecule has 3 atom stereocenters. The average Bonchev–Trinajstić information content (AvgIpc) is 2.96. The van der Waals surface area contributed by atoms with Crippen molar-refractivity contribution >= 4 is 11.9 Å². The molecule has 1 aliphatic heterocycles. The van der Waals surface area contributed by atoms with E-state index in [0.29, 0.717) is 11.8 Å². The fourth-order valence-corrected chi connectivity index (χ4v) is 4.31. The normalized spacial score (nSPS) is 20.7. The molecular weight excluding hydrogens is 354 g/mol. The Balaban J connectivity index is 2.44. The quantitative estimate of drug-likeness (QED) is 0.338. The zero-order valence-corrected chi connectivity index (χ0v) is 18.2. The molecule has 0 aromatic carbocycles. The van der Waals surface area contributed by atoms with Crippen LogP contribution in [0.2, 0.25) is 0 Å². The molecule has 1 heterocycles. The number of aliphatic hydroxyl groups excluding tert-OH is 1. The van der Waals surface area contributed by atoms with Gasteiger partial charge in [0.1, 0.15) is 0 Å². The molecule has 1 amide bonds. The standard InChI is InChI=1S/C23H43NO4/c1-3-5-9-12-20(25)16-15-19-18-24(17-6-4-2)23(28)21(19)13-10-7-8-11-14-22(26)27/h19-21,25H,3-18H2,1-2H3,(H,26,27). The second kappa shape index (κ2) is 14.8. The van der Waals surface area contributed by atoms with Crippen LogP contribution in [0.1, 0.15) is 104 Å². The third kappa shape index (κ3) is 9.90. The minimum absolute atomic E-state index is 0.0965. The van der Waals surface area contributed by atoms with Crippen molar-refractivity contribution in [2.75, 3.05) is 13.1 Å². The summed E-state index contributed by atoms with van der Waals surface area (Å²) in [6, 6.07) is 0. The van der Waals surface area contributed by atoms with E-state index >= 15 is 0 Å². The van der Waals surface area contributed by atoms with E-state index in [1.807, 2.05) is 4.90 Å². The molecule has 164 valence electrons. The van der Waals surface area contributed by atoms with Crippen molar-refractivity contribution in [3.63, 3.8) is 0 Å². The number of carboxylic acid groups (broad SMARTS) is 1. The highest BCUT2D eigenvalue weighted by molar-refractivity contribution is 5.81. The van der Waals surface area contributed by atoms with E-state index in [1.165, 1.54) is 12.8 Å². The van der Waals surface area contributed by atoms with Gasteiger partial charge in [-0.3, -0.25) is 9.59 Å². The second-order valence-corrected chi connectivity index (χ2v) is 8.58. The zero-order chi connectivity index (χ0) is 20.8. The largest absolute Gasteiger partial charge is 0.481 e. The van der Waals surface area contributed by atoms with E-state index in [-0.39, 0.29) is 18.4 Å². The molecular formula is C23H43NO4. The van der Waals surface area contributed by atoms with Gasteiger partial charge in [0, 0.05) is 25.4 Å². The third-order valence-electron chi connectivity index (χ3n) is 6.10. The molecule has 0 spiro atoms. The highest BCUT2D eigenvalue weighted by atomic mass is 16.4. The molecule has 0 aromatic heterocycles. The van der Waals surface area contributed by atoms with Gasteiger partial charge in [0.05, 0.1) is 6.10 Å². The van der Waals surface area contributed by atoms with E-state index in [2.05, 4.69) is 13.8 Å². The van der Waals surface area contributed by atoms with E-state index < -0.39 is 5.97 Å². The number of carbonyl (C=O) groups excluding carboxylic acids is 1. The van der Waals surface area contributed by atoms with Crippen molar-refractivity contribution < 1.29 is 19.8 Å². The van der Waals surface area contributed by atoms with Gasteiger partial charge in [0.2, 0.25) is 5.91 Å². The fourth-order valence-electron chi connectivity index (χ4n) is 4.31. The number of amides is 1. The average molecular weight is 398 g/mol. The third-order valence-corrected chi connectivity index (χ3v) is 6.10. The Morgan fingerprint density at radius 2 is 1.71 bits per heavy atom. The molecule has 0 aliphatic carbocycles. The molecule has 0 radical (unpaired) electrons. The Hall–Kier alpha value is -1.10. The maximum Gasteiger partial charge on any atom is 0.303 e. The van der Waals surface area contributed by atoms with Crippen molar-refractivity contribution in [2.24, 2.45) is 11.8 Å². The molecule has 2 N–H and O–H groups in total. The first-order valence-corrected chi connectivity index (χ1v) is 11.7. The van der Waals surface area contributed by atoms with Crippen LogP contribution in [0.4, 0.5) is 0 Å². The SMILES string of the molecule is CCCCCC(O)CCC1CN(CCCC)C(=O)C1CCCCCCC(=O)O. The van der Waals surface area contributed by atoms with Crippen LogP contribution in [0.25, 0.3) is 0 Å². The van der Waals surface area contributed by atoms with Crippen molar-refractivity contribution in [3.8, 4) is 0 Å². The monoisotopic (exact) mass is 397 g/mol. The van der Waals surface area contributed by atoms with Gasteiger partial charge in [0.15, 0.2) is 0 Å². The van der Waals surface area contributed by atoms with Crippen LogP contribution in [0.3, 0.4) is 0 Å². The predicted octanol–water partition coefficient (Wildman–Crippen LogP) is 5.01. The van der Waals surface area contributed by atoms with Gasteiger partial charge < -0.3 is 15.1 Å². The summed E-state index contributed by atoms with van der Waals surface area (Å²) in [5.41, 5.74) is 0. The Morgan fingerprint density at radius 3 is 2.39 bits per heavy atom. The first-order valence-electron chi connectivity index (χ1n) is 11.7. The maximum atomic E-state index is 12.9. The van der Waals surface area contributed by atoms with Crippen molar-refractivity contribution in [1.82, 2.24) is 4.90 Å². The molecule has 1 saturated heterocycles. The van der Waals surface area contributed by atoms with Gasteiger partial charge in [-0.15, -0.1) is 0 Å². The number of carboxylic acids is 1. The van der Waals surface area contributed by atoms with Gasteiger partial charge in [-0.25, -0.2) is 0 Å². The van der Waals surface area contributed by atoms with Crippen LogP contribution in [0.5, 0.6) is 0 Å². The Bertz CT molecular complexity index is 440. The minimum Gasteiger partial charge on any atom is -0.481 e. The minimum atomic E-state index is -0.727. The number of likely N-dealkylation sites (tertiary alicyclic amines) is 1. The number of hydrogen-bond acceptors (Lipinski definition) is 3. The van der Waals surface area contributed by atoms with Gasteiger partial charge in [-0.1, -0.05) is 58.8 Å². The molecule has 1 rings (SSSR count). The lowest BCUT2D eigenvalue weighted by atomic mass is 9.86. The fraction of sp³-hybridized carbons (Fsp3) is 0.913. The number of aliphatic carboxylic acids is 1. The summed E-state index contributed by atoms with van der Waals surface area (Å²) < 4.78 is 0. The summed E-state index contributed by atoms with van der Waals surface area (Å²) in [5.74, 6) is 0.0444. The molecule has 0 aromatic rings. The van der Waals surface area contributed by atoms with Crippen molar-refractivity contribution in [1.29, 1.82) is 0 Å². The van der Waals surface area contributed by atoms with Crippen LogP contribution in [-0.2, 0) is 9.59 Å². The first kappa shape index (κ1) is 24.9. The van der Waals surface area contributed by atoms with E-state index in [9.17, 15) is 14.7 Å². The molecule has 0 saturated carbocycles. The van der Waals surface area contributed by atoms with Gasteiger partial charge in [-0.2, -0.15) is 0 Å². The molecule has 3 unspecified atom stereocenters. The second-order valence-electron chi connectivity index (χ2n) is 8.58. The lowest BCUT2D eigenvalue weighted by Gasteiger charge is -2.18. The van der Waals surface area contributed by atoms with Crippen LogP contribution < -0.4 is 0 Å². The Labute approximate surface area is 171 Å². The van der Waals surface area contributed by atoms with Gasteiger partial charge in [-0.05, 0) is 44.4 Å². The molecule has 5 heteroatoms. The summed E-state index contributed by atoms with van der Waals surface area (Å²) in [4.78, 5) is 25.5. The van der Waals surface area contributed by atoms with Crippen LogP contribution in [0.15, 0.2) is 0 Å². The molecule has 28 heavy (non-hydrogen) atoms. The maximum absolute atomic E-state index is 12.9. The highest BCUT2D eigenvalue weighted by Crippen LogP contribution is 2.33. The lowest BCUT2D eigenvalue weighted by molar-refractivity contribution is -0.137. The Morgan fingerprint density at radius 1 is 1.00 bits per heavy atom. The number of rotatable bonds is 17. The number of aliphatic hydroxyl groups is 1. The smallest absolute Gasteiger partial charge is 0.303 e. The number of carbonyl (C=O) groups is 2. The predicted molar refractivity (Wildman–Crippen MR) is 113 cm³/mol. The summed E-state index contributed by atoms with van der Waals surface area (Å²) in [5, 5.41) is 19.0. The molecule has 1 fully saturated rings. The Kier molecular flexibility index (Phi) is 13.2. The summed E-state index contributed by atoms with van der Waals surface area (Å²) in [6.07, 6.45) is 12.8. The first-order chi connectivity index (χ1) is 13.5. The number of hydrogen-bond donors (Lipinski definition) is 2. The van der Waals surface area contributed by atoms with Crippen molar-refractivity contribution in [3.05, 3.63) is 0 Å². The molecule has 1 aliphatic rings. The van der Waals surface area contributed by atoms with Gasteiger partial charge >= 0.3 is 5.97 Å². The van der Waals surface area contributed by atoms with E-state index in [1.54, 1.807) is 0 Å². The highest BCUT2D eigenvalue weighted by Gasteiger charge is 2.39. The topological polar surface area (TPSA) is 77.8 Å². The molecule has 5 nitrogen and oxygen atoms in total. The summed E-state index contributed by atoms with van der Waals surface area (Å²) >= 11 is 0. The van der Waals surface area contributed by atoms with Crippen molar-refractivity contribution in [2.45, 2.75) is 110 Å². The molecule has 0 bridgehead atoms. The van der Waals surface area contributed by atoms with Crippen LogP contribution in [-0.4, -0.2) is 46.2 Å². The van der Waals surface area contributed by atoms with Gasteiger partial charge in [0.25, 0.3) is 0 Å². The van der Waals surface area contributed by atoms with Crippen LogP contribution in [0, 0.1) is 11.8 Å². The summed E-state index contributed by atoms with van der Waals surface area (Å²) in [6.45, 7) is 6.04. The number of nitrogens with zero attached hydrogens (tertiary/aromatic N) is 1. The van der Waals surface area contributed by atoms with E-state index in [0.717, 1.165) is 83.7 Å².